The molecular formula is C19H40. The molecule has 0 saturated heterocycles. The van der Waals surface area contributed by atoms with Crippen molar-refractivity contribution in [2.24, 2.45) is 11.8 Å². The predicted molar refractivity (Wildman–Crippen MR) is 89.7 cm³/mol. The fourth-order valence-electron chi connectivity index (χ4n) is 3.04. The summed E-state index contributed by atoms with van der Waals surface area (Å²) in [5.74, 6) is 1.93. The van der Waals surface area contributed by atoms with Crippen LogP contribution in [0.5, 0.6) is 0 Å². The summed E-state index contributed by atoms with van der Waals surface area (Å²) in [6.07, 6.45) is 18.8. The van der Waals surface area contributed by atoms with Crippen molar-refractivity contribution in [3.8, 4) is 0 Å². The van der Waals surface area contributed by atoms with Crippen molar-refractivity contribution in [3.63, 3.8) is 0 Å². The number of rotatable bonds is 14. The zero-order valence-electron chi connectivity index (χ0n) is 14.3. The Labute approximate surface area is 123 Å². The smallest absolute Gasteiger partial charge is 0.0443 e. The summed E-state index contributed by atoms with van der Waals surface area (Å²) in [4.78, 5) is 0. The van der Waals surface area contributed by atoms with Crippen molar-refractivity contribution in [1.29, 1.82) is 0 Å². The maximum absolute atomic E-state index is 2.45. The maximum atomic E-state index is 2.45. The first-order chi connectivity index (χ1) is 9.20. The van der Waals surface area contributed by atoms with E-state index in [9.17, 15) is 0 Å². The van der Waals surface area contributed by atoms with Gasteiger partial charge in [0, 0.05) is 0 Å². The summed E-state index contributed by atoms with van der Waals surface area (Å²) in [5, 5.41) is 0. The normalized spacial score (nSPS) is 14.5. The van der Waals surface area contributed by atoms with E-state index in [1.54, 1.807) is 0 Å². The fraction of sp³-hybridized carbons (Fsp3) is 1.00. The second-order valence-electron chi connectivity index (χ2n) is 6.84. The van der Waals surface area contributed by atoms with Crippen LogP contribution in [0.4, 0.5) is 0 Å². The Kier molecular flexibility index (Phi) is 14.4. The lowest BCUT2D eigenvalue weighted by Gasteiger charge is -2.11. The van der Waals surface area contributed by atoms with E-state index >= 15 is 0 Å². The molecule has 0 aromatic carbocycles. The maximum Gasteiger partial charge on any atom is -0.0443 e. The van der Waals surface area contributed by atoms with Crippen LogP contribution in [0.3, 0.4) is 0 Å². The molecule has 0 nitrogen and oxygen atoms in total. The third kappa shape index (κ3) is 14.2. The molecule has 0 amide bonds. The Morgan fingerprint density at radius 2 is 0.895 bits per heavy atom. The molecule has 0 aromatic rings. The first-order valence-electron chi connectivity index (χ1n) is 9.20. The van der Waals surface area contributed by atoms with Crippen molar-refractivity contribution < 1.29 is 0 Å². The molecule has 0 bridgehead atoms. The largest absolute Gasteiger partial charge is 0.0654 e. The molecule has 0 heteroatoms. The first-order valence-corrected chi connectivity index (χ1v) is 9.20. The van der Waals surface area contributed by atoms with E-state index in [1.165, 1.54) is 83.5 Å². The van der Waals surface area contributed by atoms with Crippen LogP contribution in [0.15, 0.2) is 0 Å². The number of unbranched alkanes of at least 4 members (excludes halogenated alkanes) is 6. The summed E-state index contributed by atoms with van der Waals surface area (Å²) < 4.78 is 0. The molecule has 116 valence electrons. The van der Waals surface area contributed by atoms with Gasteiger partial charge in [-0.05, 0) is 11.8 Å². The van der Waals surface area contributed by atoms with Crippen molar-refractivity contribution in [3.05, 3.63) is 0 Å². The summed E-state index contributed by atoms with van der Waals surface area (Å²) in [5.41, 5.74) is 0. The minimum atomic E-state index is 0.962. The lowest BCUT2D eigenvalue weighted by Crippen LogP contribution is -1.95. The minimum absolute atomic E-state index is 0.962. The molecule has 0 aliphatic heterocycles. The first kappa shape index (κ1) is 19.0. The highest BCUT2D eigenvalue weighted by Gasteiger charge is 2.02. The topological polar surface area (TPSA) is 0 Å². The Morgan fingerprint density at radius 3 is 1.37 bits per heavy atom. The fourth-order valence-corrected chi connectivity index (χ4v) is 3.04. The molecule has 0 aliphatic rings. The highest BCUT2D eigenvalue weighted by atomic mass is 14.1. The van der Waals surface area contributed by atoms with Gasteiger partial charge < -0.3 is 0 Å². The van der Waals surface area contributed by atoms with Crippen molar-refractivity contribution in [2.45, 2.75) is 111 Å². The summed E-state index contributed by atoms with van der Waals surface area (Å²) in [7, 11) is 0. The quantitative estimate of drug-likeness (QED) is 0.288. The molecule has 0 spiro atoms. The molecule has 0 N–H and O–H groups in total. The van der Waals surface area contributed by atoms with E-state index in [0.29, 0.717) is 0 Å². The summed E-state index contributed by atoms with van der Waals surface area (Å²) >= 11 is 0. The molecule has 0 fully saturated rings. The van der Waals surface area contributed by atoms with Crippen molar-refractivity contribution >= 4 is 0 Å². The van der Waals surface area contributed by atoms with Crippen LogP contribution < -0.4 is 0 Å². The molecule has 0 saturated carbocycles. The molecule has 0 aromatic heterocycles. The van der Waals surface area contributed by atoms with Gasteiger partial charge in [0.1, 0.15) is 0 Å². The molecule has 0 radical (unpaired) electrons. The van der Waals surface area contributed by atoms with Gasteiger partial charge in [-0.1, -0.05) is 111 Å². The highest BCUT2D eigenvalue weighted by molar-refractivity contribution is 4.56. The lowest BCUT2D eigenvalue weighted by atomic mass is 9.95. The third-order valence-corrected chi connectivity index (χ3v) is 4.48. The summed E-state index contributed by atoms with van der Waals surface area (Å²) in [6, 6.07) is 0. The van der Waals surface area contributed by atoms with Gasteiger partial charge in [0.2, 0.25) is 0 Å². The van der Waals surface area contributed by atoms with Gasteiger partial charge in [0.25, 0.3) is 0 Å². The van der Waals surface area contributed by atoms with Gasteiger partial charge >= 0.3 is 0 Å². The van der Waals surface area contributed by atoms with E-state index in [1.807, 2.05) is 0 Å². The molecule has 2 unspecified atom stereocenters. The zero-order chi connectivity index (χ0) is 14.3. The Bertz CT molecular complexity index is 161. The second-order valence-corrected chi connectivity index (χ2v) is 6.84. The van der Waals surface area contributed by atoms with Gasteiger partial charge in [-0.3, -0.25) is 0 Å². The second kappa shape index (κ2) is 14.4. The zero-order valence-corrected chi connectivity index (χ0v) is 14.3. The van der Waals surface area contributed by atoms with Crippen LogP contribution in [-0.4, -0.2) is 0 Å². The Hall–Kier alpha value is 0. The average molecular weight is 269 g/mol. The van der Waals surface area contributed by atoms with Gasteiger partial charge in [-0.25, -0.2) is 0 Å². The van der Waals surface area contributed by atoms with E-state index in [0.717, 1.165) is 11.8 Å². The molecule has 0 aliphatic carbocycles. The Balaban J connectivity index is 3.17. The monoisotopic (exact) mass is 268 g/mol. The predicted octanol–water partition coefficient (Wildman–Crippen LogP) is 7.37. The molecule has 0 heterocycles. The highest BCUT2D eigenvalue weighted by Crippen LogP contribution is 2.19. The van der Waals surface area contributed by atoms with Gasteiger partial charge in [0.15, 0.2) is 0 Å². The Morgan fingerprint density at radius 1 is 0.474 bits per heavy atom. The number of hydrogen-bond acceptors (Lipinski definition) is 0. The van der Waals surface area contributed by atoms with Gasteiger partial charge in [-0.2, -0.15) is 0 Å². The van der Waals surface area contributed by atoms with Gasteiger partial charge in [0.05, 0.1) is 0 Å². The van der Waals surface area contributed by atoms with Crippen LogP contribution >= 0.6 is 0 Å². The van der Waals surface area contributed by atoms with E-state index in [4.69, 9.17) is 0 Å². The van der Waals surface area contributed by atoms with Crippen LogP contribution in [0.1, 0.15) is 111 Å². The minimum Gasteiger partial charge on any atom is -0.0654 e. The van der Waals surface area contributed by atoms with Gasteiger partial charge in [-0.15, -0.1) is 0 Å². The summed E-state index contributed by atoms with van der Waals surface area (Å²) in [6.45, 7) is 9.47. The van der Waals surface area contributed by atoms with Crippen LogP contribution in [0.2, 0.25) is 0 Å². The number of hydrogen-bond donors (Lipinski definition) is 0. The van der Waals surface area contributed by atoms with Crippen LogP contribution in [0.25, 0.3) is 0 Å². The van der Waals surface area contributed by atoms with Crippen molar-refractivity contribution in [2.75, 3.05) is 0 Å². The average Bonchev–Trinajstić information content (AvgIpc) is 2.38. The van der Waals surface area contributed by atoms with E-state index in [-0.39, 0.29) is 0 Å². The molecule has 0 rings (SSSR count). The molecule has 2 atom stereocenters. The van der Waals surface area contributed by atoms with Crippen LogP contribution in [-0.2, 0) is 0 Å². The lowest BCUT2D eigenvalue weighted by molar-refractivity contribution is 0.426. The molecule has 19 heavy (non-hydrogen) atoms. The third-order valence-electron chi connectivity index (χ3n) is 4.48. The van der Waals surface area contributed by atoms with E-state index in [2.05, 4.69) is 27.7 Å². The standard InChI is InChI=1S/C19H40/c1-5-7-11-15-19(4)17-13-10-8-9-12-16-18(3)14-6-2/h18-19H,5-17H2,1-4H3. The SMILES string of the molecule is CCCCCC(C)CCCCCCCC(C)CCC. The van der Waals surface area contributed by atoms with E-state index < -0.39 is 0 Å². The molecular weight excluding hydrogens is 228 g/mol. The van der Waals surface area contributed by atoms with Crippen LogP contribution in [0, 0.1) is 11.8 Å². The van der Waals surface area contributed by atoms with Crippen molar-refractivity contribution in [1.82, 2.24) is 0 Å².